The molecule has 2 rings (SSSR count). The minimum absolute atomic E-state index is 0.246. The molecule has 0 unspecified atom stereocenters. The van der Waals surface area contributed by atoms with E-state index in [4.69, 9.17) is 4.74 Å². The van der Waals surface area contributed by atoms with E-state index < -0.39 is 23.8 Å². The second-order valence-corrected chi connectivity index (χ2v) is 5.29. The number of hydrogen-bond acceptors (Lipinski definition) is 2. The normalized spacial score (nSPS) is 20.0. The van der Waals surface area contributed by atoms with Crippen molar-refractivity contribution in [1.29, 1.82) is 0 Å². The van der Waals surface area contributed by atoms with Crippen LogP contribution in [0.4, 0.5) is 13.2 Å². The van der Waals surface area contributed by atoms with Crippen molar-refractivity contribution in [2.45, 2.75) is 25.1 Å². The Morgan fingerprint density at radius 3 is 2.50 bits per heavy atom. The van der Waals surface area contributed by atoms with Gasteiger partial charge in [0, 0.05) is 17.1 Å². The summed E-state index contributed by atoms with van der Waals surface area (Å²) in [4.78, 5) is 11.6. The van der Waals surface area contributed by atoms with Gasteiger partial charge in [0.05, 0.1) is 5.56 Å². The van der Waals surface area contributed by atoms with E-state index >= 15 is 0 Å². The fraction of sp³-hybridized carbons (Fsp3) is 0.263. The molecule has 1 aromatic carbocycles. The SMILES string of the molecule is C=C=CCC[C@@H]1C(=C)C(=O)O[C@H]1C#Cc1ccc(C(F)(F)F)cc1. The number of ether oxygens (including phenoxy) is 1. The van der Waals surface area contributed by atoms with E-state index in [0.29, 0.717) is 24.0 Å². The predicted octanol–water partition coefficient (Wildman–Crippen LogP) is 4.28. The molecule has 1 aromatic rings. The summed E-state index contributed by atoms with van der Waals surface area (Å²) in [6, 6.07) is 4.51. The Hall–Kier alpha value is -2.70. The van der Waals surface area contributed by atoms with Gasteiger partial charge in [-0.1, -0.05) is 25.0 Å². The zero-order valence-electron chi connectivity index (χ0n) is 12.8. The lowest BCUT2D eigenvalue weighted by molar-refractivity contribution is -0.138. The Morgan fingerprint density at radius 1 is 1.25 bits per heavy atom. The fourth-order valence-electron chi connectivity index (χ4n) is 2.32. The van der Waals surface area contributed by atoms with Crippen LogP contribution >= 0.6 is 0 Å². The molecular formula is C19H15F3O2. The van der Waals surface area contributed by atoms with Crippen molar-refractivity contribution in [2.24, 2.45) is 5.92 Å². The smallest absolute Gasteiger partial charge is 0.416 e. The molecule has 24 heavy (non-hydrogen) atoms. The van der Waals surface area contributed by atoms with E-state index in [1.807, 2.05) is 0 Å². The molecular weight excluding hydrogens is 317 g/mol. The summed E-state index contributed by atoms with van der Waals surface area (Å²) in [5, 5.41) is 0. The van der Waals surface area contributed by atoms with Crippen LogP contribution in [-0.2, 0) is 15.7 Å². The summed E-state index contributed by atoms with van der Waals surface area (Å²) in [5.41, 5.74) is 2.69. The molecule has 124 valence electrons. The van der Waals surface area contributed by atoms with Crippen molar-refractivity contribution in [3.8, 4) is 11.8 Å². The molecule has 5 heteroatoms. The highest BCUT2D eigenvalue weighted by molar-refractivity contribution is 5.91. The van der Waals surface area contributed by atoms with Crippen molar-refractivity contribution in [1.82, 2.24) is 0 Å². The first-order chi connectivity index (χ1) is 11.3. The van der Waals surface area contributed by atoms with Crippen molar-refractivity contribution in [3.05, 3.63) is 65.9 Å². The third-order valence-corrected chi connectivity index (χ3v) is 3.65. The van der Waals surface area contributed by atoms with Crippen molar-refractivity contribution in [2.75, 3.05) is 0 Å². The standard InChI is InChI=1S/C19H15F3O2/c1-3-4-5-6-16-13(2)18(23)24-17(16)12-9-14-7-10-15(11-8-14)19(20,21)22/h4,7-8,10-11,16-17H,1-2,5-6H2/t16-,17+/m1/s1. The van der Waals surface area contributed by atoms with Crippen LogP contribution in [0.25, 0.3) is 0 Å². The molecule has 0 spiro atoms. The molecule has 0 bridgehead atoms. The van der Waals surface area contributed by atoms with Gasteiger partial charge in [0.25, 0.3) is 0 Å². The predicted molar refractivity (Wildman–Crippen MR) is 83.8 cm³/mol. The van der Waals surface area contributed by atoms with E-state index in [1.54, 1.807) is 6.08 Å². The van der Waals surface area contributed by atoms with Crippen LogP contribution in [0.2, 0.25) is 0 Å². The monoisotopic (exact) mass is 332 g/mol. The van der Waals surface area contributed by atoms with Crippen LogP contribution in [0.1, 0.15) is 24.0 Å². The van der Waals surface area contributed by atoms with Crippen LogP contribution in [0.5, 0.6) is 0 Å². The lowest BCUT2D eigenvalue weighted by Crippen LogP contribution is -2.14. The lowest BCUT2D eigenvalue weighted by Gasteiger charge is -2.10. The first kappa shape index (κ1) is 17.7. The van der Waals surface area contributed by atoms with Gasteiger partial charge in [0.1, 0.15) is 0 Å². The highest BCUT2D eigenvalue weighted by atomic mass is 19.4. The first-order valence-corrected chi connectivity index (χ1v) is 7.26. The zero-order valence-corrected chi connectivity index (χ0v) is 12.8. The summed E-state index contributed by atoms with van der Waals surface area (Å²) in [5.74, 6) is 4.82. The zero-order chi connectivity index (χ0) is 17.7. The van der Waals surface area contributed by atoms with Crippen LogP contribution < -0.4 is 0 Å². The summed E-state index contributed by atoms with van der Waals surface area (Å²) in [7, 11) is 0. The van der Waals surface area contributed by atoms with E-state index in [2.05, 4.69) is 30.7 Å². The average Bonchev–Trinajstić information content (AvgIpc) is 2.80. The number of hydrogen-bond donors (Lipinski definition) is 0. The number of alkyl halides is 3. The third-order valence-electron chi connectivity index (χ3n) is 3.65. The Balaban J connectivity index is 2.14. The van der Waals surface area contributed by atoms with Crippen LogP contribution in [0.3, 0.4) is 0 Å². The number of allylic oxidation sites excluding steroid dienone is 1. The summed E-state index contributed by atoms with van der Waals surface area (Å²) in [6.45, 7) is 7.19. The molecule has 1 heterocycles. The van der Waals surface area contributed by atoms with Gasteiger partial charge >= 0.3 is 12.1 Å². The molecule has 0 N–H and O–H groups in total. The van der Waals surface area contributed by atoms with Crippen LogP contribution in [-0.4, -0.2) is 12.1 Å². The Morgan fingerprint density at radius 2 is 1.92 bits per heavy atom. The van der Waals surface area contributed by atoms with Crippen molar-refractivity contribution >= 4 is 5.97 Å². The molecule has 2 nitrogen and oxygen atoms in total. The molecule has 2 atom stereocenters. The number of carbonyl (C=O) groups is 1. The van der Waals surface area contributed by atoms with Crippen LogP contribution in [0.15, 0.2) is 54.8 Å². The van der Waals surface area contributed by atoms with Crippen molar-refractivity contribution in [3.63, 3.8) is 0 Å². The summed E-state index contributed by atoms with van der Waals surface area (Å²) in [6.07, 6.45) is -2.02. The Kier molecular flexibility index (Phi) is 5.33. The summed E-state index contributed by atoms with van der Waals surface area (Å²) < 4.78 is 42.7. The molecule has 0 saturated carbocycles. The largest absolute Gasteiger partial charge is 0.445 e. The summed E-state index contributed by atoms with van der Waals surface area (Å²) >= 11 is 0. The molecule has 1 aliphatic heterocycles. The third kappa shape index (κ3) is 4.18. The first-order valence-electron chi connectivity index (χ1n) is 7.26. The maximum absolute atomic E-state index is 12.5. The quantitative estimate of drug-likeness (QED) is 0.357. The number of halogens is 3. The number of benzene rings is 1. The molecule has 0 aromatic heterocycles. The van der Waals surface area contributed by atoms with Gasteiger partial charge < -0.3 is 4.74 Å². The minimum Gasteiger partial charge on any atom is -0.445 e. The van der Waals surface area contributed by atoms with Crippen molar-refractivity contribution < 1.29 is 22.7 Å². The number of carbonyl (C=O) groups excluding carboxylic acids is 1. The van der Waals surface area contributed by atoms with Crippen LogP contribution in [0, 0.1) is 17.8 Å². The lowest BCUT2D eigenvalue weighted by atomic mass is 9.92. The molecule has 0 radical (unpaired) electrons. The topological polar surface area (TPSA) is 26.3 Å². The van der Waals surface area contributed by atoms with Gasteiger partial charge in [-0.3, -0.25) is 0 Å². The van der Waals surface area contributed by atoms with Gasteiger partial charge in [-0.25, -0.2) is 4.79 Å². The average molecular weight is 332 g/mol. The van der Waals surface area contributed by atoms with Gasteiger partial charge in [-0.05, 0) is 43.2 Å². The number of cyclic esters (lactones) is 1. The Bertz CT molecular complexity index is 742. The Labute approximate surface area is 138 Å². The van der Waals surface area contributed by atoms with Gasteiger partial charge in [-0.2, -0.15) is 13.2 Å². The molecule has 0 amide bonds. The van der Waals surface area contributed by atoms with E-state index in [-0.39, 0.29) is 5.92 Å². The van der Waals surface area contributed by atoms with E-state index in [1.165, 1.54) is 12.1 Å². The second-order valence-electron chi connectivity index (χ2n) is 5.29. The van der Waals surface area contributed by atoms with Gasteiger partial charge in [-0.15, -0.1) is 5.73 Å². The molecule has 1 fully saturated rings. The highest BCUT2D eigenvalue weighted by Crippen LogP contribution is 2.31. The molecule has 1 saturated heterocycles. The number of esters is 1. The second kappa shape index (κ2) is 7.25. The number of rotatable bonds is 3. The van der Waals surface area contributed by atoms with E-state index in [0.717, 1.165) is 12.1 Å². The maximum atomic E-state index is 12.5. The van der Waals surface area contributed by atoms with Gasteiger partial charge in [0.15, 0.2) is 6.10 Å². The van der Waals surface area contributed by atoms with E-state index in [9.17, 15) is 18.0 Å². The maximum Gasteiger partial charge on any atom is 0.416 e. The minimum atomic E-state index is -4.38. The fourth-order valence-corrected chi connectivity index (χ4v) is 2.32. The highest BCUT2D eigenvalue weighted by Gasteiger charge is 2.37. The molecule has 1 aliphatic rings. The van der Waals surface area contributed by atoms with Gasteiger partial charge in [0.2, 0.25) is 0 Å². The molecule has 0 aliphatic carbocycles.